The Hall–Kier alpha value is 0.480. The fraction of sp³-hybridized carbons (Fsp3) is 1.00. The summed E-state index contributed by atoms with van der Waals surface area (Å²) in [5, 5.41) is 0. The normalized spacial score (nSPS) is 29.6. The number of hydrogen-bond donors (Lipinski definition) is 0. The predicted octanol–water partition coefficient (Wildman–Crippen LogP) is 2.57. The topological polar surface area (TPSA) is 0 Å². The van der Waals surface area contributed by atoms with Crippen LogP contribution in [0.5, 0.6) is 0 Å². The van der Waals surface area contributed by atoms with Crippen molar-refractivity contribution < 1.29 is 0 Å². The molecule has 0 aromatic carbocycles. The van der Waals surface area contributed by atoms with E-state index in [1.54, 1.807) is 0 Å². The predicted molar refractivity (Wildman–Crippen MR) is 35.7 cm³/mol. The standard InChI is InChI=1S/C6H11Br/c1-6(2)3-5(7)4-6/h5H,3-4H2,1-2H3. The Morgan fingerprint density at radius 1 is 1.43 bits per heavy atom. The first kappa shape index (κ1) is 5.61. The summed E-state index contributed by atoms with van der Waals surface area (Å²) in [5.41, 5.74) is 0.647. The molecule has 0 spiro atoms. The second kappa shape index (κ2) is 1.48. The van der Waals surface area contributed by atoms with E-state index in [0.29, 0.717) is 5.41 Å². The third kappa shape index (κ3) is 1.18. The van der Waals surface area contributed by atoms with Gasteiger partial charge in [0, 0.05) is 4.83 Å². The average molecular weight is 163 g/mol. The van der Waals surface area contributed by atoms with Crippen molar-refractivity contribution in [3.63, 3.8) is 0 Å². The molecule has 0 aromatic rings. The van der Waals surface area contributed by atoms with Gasteiger partial charge in [-0.25, -0.2) is 0 Å². The van der Waals surface area contributed by atoms with Gasteiger partial charge in [0.25, 0.3) is 0 Å². The van der Waals surface area contributed by atoms with Crippen LogP contribution in [-0.2, 0) is 0 Å². The van der Waals surface area contributed by atoms with Gasteiger partial charge in [-0.1, -0.05) is 29.8 Å². The minimum Gasteiger partial charge on any atom is -0.0890 e. The van der Waals surface area contributed by atoms with Crippen molar-refractivity contribution in [1.29, 1.82) is 0 Å². The van der Waals surface area contributed by atoms with Crippen LogP contribution in [-0.4, -0.2) is 4.83 Å². The van der Waals surface area contributed by atoms with E-state index in [2.05, 4.69) is 29.8 Å². The molecule has 0 saturated heterocycles. The Labute approximate surface area is 53.4 Å². The van der Waals surface area contributed by atoms with Crippen LogP contribution in [0.1, 0.15) is 26.7 Å². The van der Waals surface area contributed by atoms with Crippen LogP contribution in [0.25, 0.3) is 0 Å². The van der Waals surface area contributed by atoms with Crippen molar-refractivity contribution >= 4 is 15.9 Å². The second-order valence-corrected chi connectivity index (χ2v) is 4.46. The van der Waals surface area contributed by atoms with Gasteiger partial charge in [0.2, 0.25) is 0 Å². The lowest BCUT2D eigenvalue weighted by atomic mass is 9.72. The van der Waals surface area contributed by atoms with E-state index in [-0.39, 0.29) is 0 Å². The molecular weight excluding hydrogens is 152 g/mol. The van der Waals surface area contributed by atoms with Crippen LogP contribution in [0, 0.1) is 5.41 Å². The molecule has 0 atom stereocenters. The zero-order valence-electron chi connectivity index (χ0n) is 4.87. The average Bonchev–Trinajstić information content (AvgIpc) is 1.27. The molecule has 1 saturated carbocycles. The Bertz CT molecular complexity index is 68.2. The number of rotatable bonds is 0. The fourth-order valence-electron chi connectivity index (χ4n) is 1.14. The molecule has 1 aliphatic rings. The summed E-state index contributed by atoms with van der Waals surface area (Å²) in [6, 6.07) is 0. The summed E-state index contributed by atoms with van der Waals surface area (Å²) in [6.45, 7) is 4.62. The van der Waals surface area contributed by atoms with E-state index in [4.69, 9.17) is 0 Å². The third-order valence-corrected chi connectivity index (χ3v) is 2.20. The smallest absolute Gasteiger partial charge is 0.0156 e. The SMILES string of the molecule is CC1(C)CC(Br)C1. The van der Waals surface area contributed by atoms with Crippen molar-refractivity contribution in [1.82, 2.24) is 0 Å². The van der Waals surface area contributed by atoms with Gasteiger partial charge >= 0.3 is 0 Å². The Morgan fingerprint density at radius 2 is 1.86 bits per heavy atom. The Kier molecular flexibility index (Phi) is 1.18. The van der Waals surface area contributed by atoms with E-state index < -0.39 is 0 Å². The summed E-state index contributed by atoms with van der Waals surface area (Å²) in [5.74, 6) is 0. The molecule has 7 heavy (non-hydrogen) atoms. The molecule has 1 aliphatic carbocycles. The molecule has 1 heteroatoms. The first-order valence-electron chi connectivity index (χ1n) is 2.74. The molecular formula is C6H11Br. The molecule has 0 aliphatic heterocycles. The summed E-state index contributed by atoms with van der Waals surface area (Å²) >= 11 is 3.54. The van der Waals surface area contributed by atoms with Crippen LogP contribution in [0.3, 0.4) is 0 Å². The van der Waals surface area contributed by atoms with Gasteiger partial charge in [0.15, 0.2) is 0 Å². The summed E-state index contributed by atoms with van der Waals surface area (Å²) in [7, 11) is 0. The molecule has 0 nitrogen and oxygen atoms in total. The highest BCUT2D eigenvalue weighted by Gasteiger charge is 2.33. The Morgan fingerprint density at radius 3 is 1.86 bits per heavy atom. The van der Waals surface area contributed by atoms with Crippen molar-refractivity contribution in [3.05, 3.63) is 0 Å². The fourth-order valence-corrected chi connectivity index (χ4v) is 2.89. The van der Waals surface area contributed by atoms with Gasteiger partial charge in [0.1, 0.15) is 0 Å². The van der Waals surface area contributed by atoms with Gasteiger partial charge < -0.3 is 0 Å². The van der Waals surface area contributed by atoms with Crippen LogP contribution in [0.2, 0.25) is 0 Å². The van der Waals surface area contributed by atoms with E-state index in [1.165, 1.54) is 12.8 Å². The maximum Gasteiger partial charge on any atom is 0.0156 e. The van der Waals surface area contributed by atoms with Crippen molar-refractivity contribution in [2.45, 2.75) is 31.5 Å². The first-order valence-corrected chi connectivity index (χ1v) is 3.66. The molecule has 0 radical (unpaired) electrons. The van der Waals surface area contributed by atoms with Gasteiger partial charge in [0.05, 0.1) is 0 Å². The molecule has 1 fully saturated rings. The number of halogens is 1. The molecule has 0 unspecified atom stereocenters. The van der Waals surface area contributed by atoms with E-state index in [1.807, 2.05) is 0 Å². The lowest BCUT2D eigenvalue weighted by Gasteiger charge is -2.39. The quantitative estimate of drug-likeness (QED) is 0.481. The molecule has 0 N–H and O–H groups in total. The maximum atomic E-state index is 3.54. The van der Waals surface area contributed by atoms with Crippen LogP contribution >= 0.6 is 15.9 Å². The molecule has 1 rings (SSSR count). The minimum atomic E-state index is 0.647. The highest BCUT2D eigenvalue weighted by Crippen LogP contribution is 2.43. The molecule has 0 heterocycles. The highest BCUT2D eigenvalue weighted by atomic mass is 79.9. The van der Waals surface area contributed by atoms with Crippen molar-refractivity contribution in [2.24, 2.45) is 5.41 Å². The van der Waals surface area contributed by atoms with Crippen LogP contribution in [0.4, 0.5) is 0 Å². The molecule has 0 amide bonds. The Balaban J connectivity index is 2.29. The zero-order chi connectivity index (χ0) is 5.49. The molecule has 0 aromatic heterocycles. The molecule has 0 bridgehead atoms. The van der Waals surface area contributed by atoms with Gasteiger partial charge in [-0.05, 0) is 18.3 Å². The summed E-state index contributed by atoms with van der Waals surface area (Å²) in [4.78, 5) is 0.822. The second-order valence-electron chi connectivity index (χ2n) is 3.17. The maximum absolute atomic E-state index is 3.54. The lowest BCUT2D eigenvalue weighted by Crippen LogP contribution is -2.31. The van der Waals surface area contributed by atoms with Crippen LogP contribution < -0.4 is 0 Å². The number of alkyl halides is 1. The van der Waals surface area contributed by atoms with Gasteiger partial charge in [-0.3, -0.25) is 0 Å². The number of hydrogen-bond acceptors (Lipinski definition) is 0. The lowest BCUT2D eigenvalue weighted by molar-refractivity contribution is 0.205. The summed E-state index contributed by atoms with van der Waals surface area (Å²) < 4.78 is 0. The van der Waals surface area contributed by atoms with E-state index in [0.717, 1.165) is 4.83 Å². The van der Waals surface area contributed by atoms with Gasteiger partial charge in [-0.15, -0.1) is 0 Å². The minimum absolute atomic E-state index is 0.647. The zero-order valence-corrected chi connectivity index (χ0v) is 6.46. The molecule has 42 valence electrons. The first-order chi connectivity index (χ1) is 3.10. The van der Waals surface area contributed by atoms with Gasteiger partial charge in [-0.2, -0.15) is 0 Å². The third-order valence-electron chi connectivity index (χ3n) is 1.55. The monoisotopic (exact) mass is 162 g/mol. The highest BCUT2D eigenvalue weighted by molar-refractivity contribution is 9.09. The summed E-state index contributed by atoms with van der Waals surface area (Å²) in [6.07, 6.45) is 2.71. The largest absolute Gasteiger partial charge is 0.0890 e. The van der Waals surface area contributed by atoms with Crippen molar-refractivity contribution in [2.75, 3.05) is 0 Å². The van der Waals surface area contributed by atoms with E-state index >= 15 is 0 Å². The van der Waals surface area contributed by atoms with Crippen LogP contribution in [0.15, 0.2) is 0 Å². The van der Waals surface area contributed by atoms with E-state index in [9.17, 15) is 0 Å². The van der Waals surface area contributed by atoms with Crippen molar-refractivity contribution in [3.8, 4) is 0 Å².